The molecule has 14 rings (SSSR count). The van der Waals surface area contributed by atoms with E-state index in [0.717, 1.165) is 88.4 Å². The highest BCUT2D eigenvalue weighted by Gasteiger charge is 2.25. The lowest BCUT2D eigenvalue weighted by Crippen LogP contribution is -2.07. The average Bonchev–Trinajstić information content (AvgIpc) is 4.10. The van der Waals surface area contributed by atoms with Gasteiger partial charge in [0.1, 0.15) is 11.6 Å². The molecule has 0 N–H and O–H groups in total. The Morgan fingerprint density at radius 2 is 0.662 bits per heavy atom. The van der Waals surface area contributed by atoms with Crippen molar-refractivity contribution in [2.75, 3.05) is 0 Å². The van der Waals surface area contributed by atoms with Crippen molar-refractivity contribution in [3.05, 3.63) is 211 Å². The molecule has 0 aliphatic rings. The SMILES string of the molecule is Cc1nc(C)nc(-c2cc(-n3c4ccccc4c4ccc(-n5c6ccccc6c6ccccc65)cc43)c(-n3c4ccccc4c4ccc(-n5c6ccccc6c6ccccc65)cc43)cc2C#N)n1. The van der Waals surface area contributed by atoms with Crippen LogP contribution in [0.1, 0.15) is 17.2 Å². The predicted molar refractivity (Wildman–Crippen MR) is 277 cm³/mol. The number of para-hydroxylation sites is 6. The van der Waals surface area contributed by atoms with Gasteiger partial charge in [-0.05, 0) is 86.6 Å². The zero-order valence-electron chi connectivity index (χ0n) is 37.1. The fourth-order valence-corrected chi connectivity index (χ4v) is 11.1. The van der Waals surface area contributed by atoms with Crippen LogP contribution >= 0.6 is 0 Å². The van der Waals surface area contributed by atoms with E-state index in [2.05, 4.69) is 217 Å². The van der Waals surface area contributed by atoms with Gasteiger partial charge in [0, 0.05) is 60.0 Å². The predicted octanol–water partition coefficient (Wildman–Crippen LogP) is 14.4. The number of aromatic nitrogens is 7. The molecular formula is C60H38N8. The highest BCUT2D eigenvalue weighted by molar-refractivity contribution is 6.14. The Hall–Kier alpha value is -9.32. The molecule has 0 radical (unpaired) electrons. The number of nitrogens with zero attached hydrogens (tertiary/aromatic N) is 8. The quantitative estimate of drug-likeness (QED) is 0.172. The molecule has 0 aliphatic carbocycles. The van der Waals surface area contributed by atoms with Crippen LogP contribution in [0.4, 0.5) is 0 Å². The summed E-state index contributed by atoms with van der Waals surface area (Å²) < 4.78 is 9.46. The van der Waals surface area contributed by atoms with Gasteiger partial charge in [-0.25, -0.2) is 15.0 Å². The van der Waals surface area contributed by atoms with Gasteiger partial charge >= 0.3 is 0 Å². The van der Waals surface area contributed by atoms with Crippen LogP contribution in [0.3, 0.4) is 0 Å². The van der Waals surface area contributed by atoms with Crippen LogP contribution in [0, 0.1) is 25.2 Å². The van der Waals surface area contributed by atoms with Gasteiger partial charge in [-0.3, -0.25) is 0 Å². The molecule has 68 heavy (non-hydrogen) atoms. The molecule has 0 saturated carbocycles. The maximum atomic E-state index is 11.2. The summed E-state index contributed by atoms with van der Waals surface area (Å²) in [6, 6.07) is 72.1. The molecule has 0 aliphatic heterocycles. The number of nitriles is 1. The largest absolute Gasteiger partial charge is 0.309 e. The molecule has 9 aromatic carbocycles. The lowest BCUT2D eigenvalue weighted by molar-refractivity contribution is 0.927. The Labute approximate surface area is 389 Å². The van der Waals surface area contributed by atoms with Crippen molar-refractivity contribution in [3.8, 4) is 40.2 Å². The summed E-state index contributed by atoms with van der Waals surface area (Å²) in [6.45, 7) is 3.74. The van der Waals surface area contributed by atoms with Crippen molar-refractivity contribution in [1.29, 1.82) is 5.26 Å². The molecule has 14 aromatic rings. The maximum absolute atomic E-state index is 11.2. The molecule has 0 unspecified atom stereocenters. The van der Waals surface area contributed by atoms with E-state index in [1.54, 1.807) is 0 Å². The normalized spacial score (nSPS) is 12.0. The Kier molecular flexibility index (Phi) is 8.01. The molecule has 0 bridgehead atoms. The monoisotopic (exact) mass is 870 g/mol. The van der Waals surface area contributed by atoms with Gasteiger partial charge in [-0.2, -0.15) is 5.26 Å². The number of fused-ring (bicyclic) bond motifs is 12. The Balaban J connectivity index is 1.12. The Morgan fingerprint density at radius 1 is 0.338 bits per heavy atom. The van der Waals surface area contributed by atoms with Crippen LogP contribution in [0.15, 0.2) is 194 Å². The standard InChI is InChI=1S/C60H38N8/c1-36-62-37(2)64-60(63-36)49-34-59(68-55-26-14-8-20-46(55)48-30-28-40(33-57(48)68)66-52-23-11-5-17-43(52)44-18-6-12-24-53(44)66)58(31-38(49)35-61)67-54-25-13-7-19-45(54)47-29-27-39(32-56(47)67)65-50-21-9-3-15-41(50)42-16-4-10-22-51(42)65/h3-34H,1-2H3. The molecule has 5 heterocycles. The smallest absolute Gasteiger partial charge is 0.164 e. The van der Waals surface area contributed by atoms with Crippen molar-refractivity contribution < 1.29 is 0 Å². The highest BCUT2D eigenvalue weighted by Crippen LogP contribution is 2.43. The number of aryl methyl sites for hydroxylation is 2. The van der Waals surface area contributed by atoms with Gasteiger partial charge in [0.2, 0.25) is 0 Å². The highest BCUT2D eigenvalue weighted by atomic mass is 15.1. The summed E-state index contributed by atoms with van der Waals surface area (Å²) in [5.41, 5.74) is 13.6. The zero-order valence-corrected chi connectivity index (χ0v) is 37.1. The summed E-state index contributed by atoms with van der Waals surface area (Å²) in [5.74, 6) is 1.64. The minimum Gasteiger partial charge on any atom is -0.309 e. The average molecular weight is 871 g/mol. The minimum atomic E-state index is 0.460. The van der Waals surface area contributed by atoms with Crippen molar-refractivity contribution in [3.63, 3.8) is 0 Å². The topological polar surface area (TPSA) is 82.2 Å². The fourth-order valence-electron chi connectivity index (χ4n) is 11.1. The van der Waals surface area contributed by atoms with Gasteiger partial charge < -0.3 is 18.3 Å². The first-order valence-electron chi connectivity index (χ1n) is 22.8. The number of benzene rings is 9. The van der Waals surface area contributed by atoms with E-state index in [0.29, 0.717) is 28.6 Å². The summed E-state index contributed by atoms with van der Waals surface area (Å²) in [4.78, 5) is 14.2. The minimum absolute atomic E-state index is 0.460. The second kappa shape index (κ2) is 14.3. The van der Waals surface area contributed by atoms with Gasteiger partial charge in [-0.1, -0.05) is 121 Å². The fraction of sp³-hybridized carbons (Fsp3) is 0.0333. The zero-order chi connectivity index (χ0) is 45.2. The van der Waals surface area contributed by atoms with Crippen molar-refractivity contribution >= 4 is 87.2 Å². The molecule has 0 atom stereocenters. The molecule has 0 saturated heterocycles. The molecule has 0 spiro atoms. The van der Waals surface area contributed by atoms with Crippen LogP contribution in [0.5, 0.6) is 0 Å². The third-order valence-corrected chi connectivity index (χ3v) is 13.8. The van der Waals surface area contributed by atoms with E-state index in [-0.39, 0.29) is 0 Å². The molecule has 5 aromatic heterocycles. The van der Waals surface area contributed by atoms with E-state index in [1.807, 2.05) is 19.9 Å². The van der Waals surface area contributed by atoms with Gasteiger partial charge in [0.15, 0.2) is 5.82 Å². The van der Waals surface area contributed by atoms with Crippen LogP contribution < -0.4 is 0 Å². The first kappa shape index (κ1) is 38.0. The Morgan fingerprint density at radius 3 is 1.03 bits per heavy atom. The van der Waals surface area contributed by atoms with E-state index < -0.39 is 0 Å². The van der Waals surface area contributed by atoms with Gasteiger partial charge in [-0.15, -0.1) is 0 Å². The van der Waals surface area contributed by atoms with Gasteiger partial charge in [0.05, 0.1) is 67.1 Å². The lowest BCUT2D eigenvalue weighted by atomic mass is 10.0. The van der Waals surface area contributed by atoms with Gasteiger partial charge in [0.25, 0.3) is 0 Å². The van der Waals surface area contributed by atoms with E-state index in [1.165, 1.54) is 21.5 Å². The summed E-state index contributed by atoms with van der Waals surface area (Å²) >= 11 is 0. The van der Waals surface area contributed by atoms with Crippen LogP contribution in [0.2, 0.25) is 0 Å². The van der Waals surface area contributed by atoms with E-state index in [9.17, 15) is 5.26 Å². The summed E-state index contributed by atoms with van der Waals surface area (Å²) in [7, 11) is 0. The molecule has 0 fully saturated rings. The van der Waals surface area contributed by atoms with Crippen molar-refractivity contribution in [1.82, 2.24) is 33.2 Å². The third-order valence-electron chi connectivity index (χ3n) is 13.8. The van der Waals surface area contributed by atoms with Crippen LogP contribution in [0.25, 0.3) is 121 Å². The van der Waals surface area contributed by atoms with Crippen molar-refractivity contribution in [2.24, 2.45) is 0 Å². The molecule has 0 amide bonds. The number of hydrogen-bond donors (Lipinski definition) is 0. The first-order chi connectivity index (χ1) is 33.5. The second-order valence-electron chi connectivity index (χ2n) is 17.6. The second-order valence-corrected chi connectivity index (χ2v) is 17.6. The summed E-state index contributed by atoms with van der Waals surface area (Å²) in [5, 5.41) is 20.5. The maximum Gasteiger partial charge on any atom is 0.164 e. The third kappa shape index (κ3) is 5.38. The molecular weight excluding hydrogens is 833 g/mol. The molecule has 8 heteroatoms. The lowest BCUT2D eigenvalue weighted by Gasteiger charge is -2.20. The first-order valence-corrected chi connectivity index (χ1v) is 22.8. The van der Waals surface area contributed by atoms with E-state index >= 15 is 0 Å². The van der Waals surface area contributed by atoms with Crippen LogP contribution in [-0.2, 0) is 0 Å². The molecule has 318 valence electrons. The Bertz CT molecular complexity index is 4370. The molecule has 8 nitrogen and oxygen atoms in total. The van der Waals surface area contributed by atoms with E-state index in [4.69, 9.17) is 9.97 Å². The van der Waals surface area contributed by atoms with Crippen LogP contribution in [-0.4, -0.2) is 33.2 Å². The summed E-state index contributed by atoms with van der Waals surface area (Å²) in [6.07, 6.45) is 0. The van der Waals surface area contributed by atoms with Crippen molar-refractivity contribution in [2.45, 2.75) is 13.8 Å². The number of rotatable bonds is 5. The number of hydrogen-bond acceptors (Lipinski definition) is 4.